The molecule has 26 heavy (non-hydrogen) atoms. The summed E-state index contributed by atoms with van der Waals surface area (Å²) < 4.78 is 4.36. The third-order valence-corrected chi connectivity index (χ3v) is 4.86. The first kappa shape index (κ1) is 20.4. The van der Waals surface area contributed by atoms with Crippen LogP contribution >= 0.6 is 0 Å². The van der Waals surface area contributed by atoms with Crippen molar-refractivity contribution in [2.45, 2.75) is 64.0 Å². The molecule has 2 N–H and O–H groups in total. The van der Waals surface area contributed by atoms with Crippen LogP contribution in [0.25, 0.3) is 11.2 Å². The van der Waals surface area contributed by atoms with Crippen LogP contribution in [0.2, 0.25) is 0 Å². The predicted molar refractivity (Wildman–Crippen MR) is 100 cm³/mol. The summed E-state index contributed by atoms with van der Waals surface area (Å²) in [4.78, 5) is 28.5. The van der Waals surface area contributed by atoms with Crippen molar-refractivity contribution in [1.82, 2.24) is 18.7 Å². The van der Waals surface area contributed by atoms with Crippen LogP contribution in [-0.4, -0.2) is 41.6 Å². The number of hydrogen-bond acceptors (Lipinski definition) is 5. The van der Waals surface area contributed by atoms with E-state index in [0.29, 0.717) is 24.1 Å². The van der Waals surface area contributed by atoms with Crippen molar-refractivity contribution in [2.24, 2.45) is 14.1 Å². The third-order valence-electron chi connectivity index (χ3n) is 4.86. The van der Waals surface area contributed by atoms with Crippen molar-refractivity contribution in [2.75, 3.05) is 6.61 Å². The van der Waals surface area contributed by atoms with Gasteiger partial charge in [0.2, 0.25) is 0 Å². The van der Waals surface area contributed by atoms with Crippen LogP contribution in [0, 0.1) is 0 Å². The van der Waals surface area contributed by atoms with Gasteiger partial charge in [-0.2, -0.15) is 0 Å². The maximum absolute atomic E-state index is 12.3. The zero-order valence-corrected chi connectivity index (χ0v) is 15.7. The van der Waals surface area contributed by atoms with Crippen LogP contribution in [0.15, 0.2) is 15.9 Å². The van der Waals surface area contributed by atoms with Gasteiger partial charge < -0.3 is 14.8 Å². The Hall–Kier alpha value is -1.93. The van der Waals surface area contributed by atoms with E-state index in [1.807, 2.05) is 4.57 Å². The Kier molecular flexibility index (Phi) is 7.59. The predicted octanol–water partition coefficient (Wildman–Crippen LogP) is 0.908. The number of aliphatic hydroxyl groups is 2. The molecular formula is C18H30N4O4. The third kappa shape index (κ3) is 4.82. The van der Waals surface area contributed by atoms with Gasteiger partial charge >= 0.3 is 5.69 Å². The normalized spacial score (nSPS) is 12.8. The standard InChI is InChI=1S/C18H30N4O4/c1-20-16-15(17(25)21(2)18(20)26)22(13-19-16)11-9-7-5-3-4-6-8-10-14(24)12-23/h13-14,23-24H,3-12H2,1-2H3. The number of hydrogen-bond donors (Lipinski definition) is 2. The number of rotatable bonds is 11. The summed E-state index contributed by atoms with van der Waals surface area (Å²) in [6.45, 7) is 0.562. The summed E-state index contributed by atoms with van der Waals surface area (Å²) in [5.41, 5.74) is 0.255. The zero-order chi connectivity index (χ0) is 19.1. The molecule has 0 spiro atoms. The Labute approximate surface area is 152 Å². The monoisotopic (exact) mass is 366 g/mol. The van der Waals surface area contributed by atoms with Gasteiger partial charge in [-0.1, -0.05) is 38.5 Å². The molecular weight excluding hydrogens is 336 g/mol. The van der Waals surface area contributed by atoms with Crippen molar-refractivity contribution < 1.29 is 10.2 Å². The van der Waals surface area contributed by atoms with Gasteiger partial charge in [-0.3, -0.25) is 13.9 Å². The minimum atomic E-state index is -0.577. The van der Waals surface area contributed by atoms with Crippen LogP contribution in [-0.2, 0) is 20.6 Å². The fourth-order valence-corrected chi connectivity index (χ4v) is 3.20. The lowest BCUT2D eigenvalue weighted by Gasteiger charge is -2.07. The van der Waals surface area contributed by atoms with Crippen molar-refractivity contribution in [1.29, 1.82) is 0 Å². The second kappa shape index (κ2) is 9.68. The average Bonchev–Trinajstić information content (AvgIpc) is 3.07. The second-order valence-corrected chi connectivity index (χ2v) is 6.92. The number of aliphatic hydroxyl groups excluding tert-OH is 2. The van der Waals surface area contributed by atoms with Gasteiger partial charge in [0.1, 0.15) is 0 Å². The quantitative estimate of drug-likeness (QED) is 0.576. The highest BCUT2D eigenvalue weighted by atomic mass is 16.3. The van der Waals surface area contributed by atoms with E-state index in [-0.39, 0.29) is 17.9 Å². The largest absolute Gasteiger partial charge is 0.394 e. The van der Waals surface area contributed by atoms with Crippen LogP contribution in [0.4, 0.5) is 0 Å². The molecule has 1 unspecified atom stereocenters. The molecule has 0 aliphatic carbocycles. The van der Waals surface area contributed by atoms with E-state index in [1.54, 1.807) is 13.4 Å². The van der Waals surface area contributed by atoms with Crippen LogP contribution in [0.5, 0.6) is 0 Å². The Morgan fingerprint density at radius 1 is 1.00 bits per heavy atom. The van der Waals surface area contributed by atoms with E-state index in [0.717, 1.165) is 49.5 Å². The molecule has 146 valence electrons. The first-order chi connectivity index (χ1) is 12.5. The summed E-state index contributed by atoms with van der Waals surface area (Å²) in [7, 11) is 3.11. The smallest absolute Gasteiger partial charge is 0.332 e. The van der Waals surface area contributed by atoms with E-state index in [4.69, 9.17) is 5.11 Å². The van der Waals surface area contributed by atoms with E-state index in [9.17, 15) is 14.7 Å². The van der Waals surface area contributed by atoms with Gasteiger partial charge in [-0.25, -0.2) is 9.78 Å². The number of aryl methyl sites for hydroxylation is 2. The lowest BCUT2D eigenvalue weighted by atomic mass is 10.1. The molecule has 0 aromatic carbocycles. The summed E-state index contributed by atoms with van der Waals surface area (Å²) in [6.07, 6.45) is 9.20. The maximum Gasteiger partial charge on any atom is 0.332 e. The number of unbranched alkanes of at least 4 members (excludes halogenated alkanes) is 6. The van der Waals surface area contributed by atoms with Crippen molar-refractivity contribution in [3.05, 3.63) is 27.2 Å². The molecule has 8 heteroatoms. The molecule has 0 aliphatic heterocycles. The Morgan fingerprint density at radius 3 is 2.27 bits per heavy atom. The highest BCUT2D eigenvalue weighted by Crippen LogP contribution is 2.12. The van der Waals surface area contributed by atoms with Gasteiger partial charge in [0, 0.05) is 20.6 Å². The van der Waals surface area contributed by atoms with E-state index >= 15 is 0 Å². The summed E-state index contributed by atoms with van der Waals surface area (Å²) in [5, 5.41) is 18.0. The van der Waals surface area contributed by atoms with Crippen molar-refractivity contribution >= 4 is 11.2 Å². The summed E-state index contributed by atoms with van der Waals surface area (Å²) in [5.74, 6) is 0. The van der Waals surface area contributed by atoms with E-state index in [1.165, 1.54) is 11.6 Å². The molecule has 0 saturated carbocycles. The number of aromatic nitrogens is 4. The average molecular weight is 366 g/mol. The molecule has 0 aliphatic rings. The SMILES string of the molecule is Cn1c(=O)c2c(ncn2CCCCCCCCCC(O)CO)n(C)c1=O. The van der Waals surface area contributed by atoms with Gasteiger partial charge in [-0.05, 0) is 12.8 Å². The Morgan fingerprint density at radius 2 is 1.62 bits per heavy atom. The lowest BCUT2D eigenvalue weighted by molar-refractivity contribution is 0.0860. The molecule has 0 bridgehead atoms. The number of imidazole rings is 1. The Bertz CT molecular complexity index is 821. The molecule has 0 saturated heterocycles. The van der Waals surface area contributed by atoms with Crippen LogP contribution < -0.4 is 11.2 Å². The van der Waals surface area contributed by atoms with Crippen molar-refractivity contribution in [3.63, 3.8) is 0 Å². The number of fused-ring (bicyclic) bond motifs is 1. The van der Waals surface area contributed by atoms with Gasteiger partial charge in [0.05, 0.1) is 19.0 Å². The molecule has 2 heterocycles. The molecule has 0 amide bonds. The summed E-state index contributed by atoms with van der Waals surface area (Å²) in [6, 6.07) is 0. The minimum absolute atomic E-state index is 0.153. The van der Waals surface area contributed by atoms with Crippen LogP contribution in [0.3, 0.4) is 0 Å². The van der Waals surface area contributed by atoms with Gasteiger partial charge in [0.15, 0.2) is 11.2 Å². The molecule has 2 aromatic heterocycles. The molecule has 2 rings (SSSR count). The first-order valence-electron chi connectivity index (χ1n) is 9.37. The maximum atomic E-state index is 12.3. The highest BCUT2D eigenvalue weighted by molar-refractivity contribution is 5.69. The zero-order valence-electron chi connectivity index (χ0n) is 15.7. The lowest BCUT2D eigenvalue weighted by Crippen LogP contribution is -2.37. The van der Waals surface area contributed by atoms with Crippen LogP contribution in [0.1, 0.15) is 51.4 Å². The second-order valence-electron chi connectivity index (χ2n) is 6.92. The molecule has 1 atom stereocenters. The summed E-state index contributed by atoms with van der Waals surface area (Å²) >= 11 is 0. The minimum Gasteiger partial charge on any atom is -0.394 e. The first-order valence-corrected chi connectivity index (χ1v) is 9.37. The van der Waals surface area contributed by atoms with Gasteiger partial charge in [0.25, 0.3) is 5.56 Å². The number of nitrogens with zero attached hydrogens (tertiary/aromatic N) is 4. The fourth-order valence-electron chi connectivity index (χ4n) is 3.20. The van der Waals surface area contributed by atoms with Gasteiger partial charge in [-0.15, -0.1) is 0 Å². The van der Waals surface area contributed by atoms with E-state index < -0.39 is 6.10 Å². The molecule has 0 fully saturated rings. The molecule has 8 nitrogen and oxygen atoms in total. The Balaban J connectivity index is 1.76. The molecule has 0 radical (unpaired) electrons. The van der Waals surface area contributed by atoms with Crippen molar-refractivity contribution in [3.8, 4) is 0 Å². The van der Waals surface area contributed by atoms with E-state index in [2.05, 4.69) is 4.98 Å². The molecule has 2 aromatic rings. The fraction of sp³-hybridized carbons (Fsp3) is 0.722. The topological polar surface area (TPSA) is 102 Å². The highest BCUT2D eigenvalue weighted by Gasteiger charge is 2.13.